The second-order valence-corrected chi connectivity index (χ2v) is 11.6. The summed E-state index contributed by atoms with van der Waals surface area (Å²) in [7, 11) is 0. The van der Waals surface area contributed by atoms with Crippen LogP contribution in [0.4, 0.5) is 19.2 Å². The van der Waals surface area contributed by atoms with Gasteiger partial charge >= 0.3 is 24.1 Å². The molecule has 2 rings (SSSR count). The molecule has 0 unspecified atom stereocenters. The lowest BCUT2D eigenvalue weighted by atomic mass is 10.0. The maximum absolute atomic E-state index is 12.7. The van der Waals surface area contributed by atoms with Gasteiger partial charge in [0, 0.05) is 32.2 Å². The Hall–Kier alpha value is -4.88. The number of nitrogens with one attached hydrogen (secondary N) is 7. The van der Waals surface area contributed by atoms with Crippen molar-refractivity contribution in [3.63, 3.8) is 0 Å². The lowest BCUT2D eigenvalue weighted by Gasteiger charge is -2.25. The van der Waals surface area contributed by atoms with Gasteiger partial charge in [0.05, 0.1) is 12.1 Å². The van der Waals surface area contributed by atoms with Gasteiger partial charge in [-0.1, -0.05) is 45.0 Å². The van der Waals surface area contributed by atoms with Crippen LogP contribution < -0.4 is 43.0 Å². The Balaban J connectivity index is 1.73. The highest BCUT2D eigenvalue weighted by Gasteiger charge is 2.20. The van der Waals surface area contributed by atoms with Gasteiger partial charge < -0.3 is 53.2 Å². The van der Waals surface area contributed by atoms with E-state index in [1.54, 1.807) is 31.2 Å². The fourth-order valence-electron chi connectivity index (χ4n) is 4.37. The summed E-state index contributed by atoms with van der Waals surface area (Å²) in [6, 6.07) is 10.3. The highest BCUT2D eigenvalue weighted by atomic mass is 16.3. The summed E-state index contributed by atoms with van der Waals surface area (Å²) in [5.74, 6) is 0.502. The molecule has 14 heteroatoms. The van der Waals surface area contributed by atoms with Gasteiger partial charge in [-0.2, -0.15) is 0 Å². The minimum Gasteiger partial charge on any atom is -0.508 e. The maximum atomic E-state index is 12.7. The van der Waals surface area contributed by atoms with E-state index in [1.165, 1.54) is 12.1 Å². The van der Waals surface area contributed by atoms with Crippen LogP contribution in [-0.4, -0.2) is 78.6 Å². The molecule has 2 aromatic rings. The molecule has 11 N–H and O–H groups in total. The first-order chi connectivity index (χ1) is 21.3. The van der Waals surface area contributed by atoms with Crippen LogP contribution in [0.2, 0.25) is 0 Å². The average molecular weight is 629 g/mol. The third kappa shape index (κ3) is 15.4. The van der Waals surface area contributed by atoms with Gasteiger partial charge in [0.25, 0.3) is 0 Å². The summed E-state index contributed by atoms with van der Waals surface area (Å²) in [6.07, 6.45) is 1.13. The lowest BCUT2D eigenvalue weighted by Crippen LogP contribution is -2.55. The first-order valence-corrected chi connectivity index (χ1v) is 15.0. The Kier molecular flexibility index (Phi) is 15.1. The Labute approximate surface area is 264 Å². The van der Waals surface area contributed by atoms with E-state index in [4.69, 9.17) is 5.73 Å². The number of amides is 8. The number of hydrogen-bond acceptors (Lipinski definition) is 6. The van der Waals surface area contributed by atoms with Crippen molar-refractivity contribution in [2.24, 2.45) is 17.6 Å². The molecule has 0 saturated carbocycles. The van der Waals surface area contributed by atoms with E-state index in [1.807, 2.05) is 32.9 Å². The van der Waals surface area contributed by atoms with E-state index in [0.717, 1.165) is 17.5 Å². The van der Waals surface area contributed by atoms with Crippen molar-refractivity contribution in [1.29, 1.82) is 0 Å². The maximum Gasteiger partial charge on any atom is 0.315 e. The first kappa shape index (κ1) is 36.3. The second-order valence-electron chi connectivity index (χ2n) is 11.6. The average Bonchev–Trinajstić information content (AvgIpc) is 2.98. The fourth-order valence-corrected chi connectivity index (χ4v) is 4.37. The zero-order valence-electron chi connectivity index (χ0n) is 26.4. The number of rotatable bonds is 16. The lowest BCUT2D eigenvalue weighted by molar-refractivity contribution is 0.223. The van der Waals surface area contributed by atoms with Gasteiger partial charge in [-0.25, -0.2) is 19.2 Å². The van der Waals surface area contributed by atoms with Crippen molar-refractivity contribution in [2.45, 2.75) is 58.7 Å². The topological polar surface area (TPSA) is 219 Å². The summed E-state index contributed by atoms with van der Waals surface area (Å²) in [4.78, 5) is 48.8. The number of phenols is 2. The van der Waals surface area contributed by atoms with Gasteiger partial charge in [-0.3, -0.25) is 0 Å². The van der Waals surface area contributed by atoms with Gasteiger partial charge in [-0.05, 0) is 67.0 Å². The smallest absolute Gasteiger partial charge is 0.315 e. The van der Waals surface area contributed by atoms with E-state index in [0.29, 0.717) is 13.0 Å². The molecule has 0 aliphatic rings. The Morgan fingerprint density at radius 2 is 1.11 bits per heavy atom. The van der Waals surface area contributed by atoms with Crippen LogP contribution in [0.1, 0.15) is 38.8 Å². The normalized spacial score (nSPS) is 13.4. The molecule has 14 nitrogen and oxygen atoms in total. The number of aromatic hydroxyl groups is 2. The van der Waals surface area contributed by atoms with Crippen molar-refractivity contribution in [2.75, 3.05) is 26.2 Å². The van der Waals surface area contributed by atoms with E-state index < -0.39 is 30.2 Å². The summed E-state index contributed by atoms with van der Waals surface area (Å²) in [5.41, 5.74) is 7.09. The molecule has 0 heterocycles. The number of carbonyl (C=O) groups is 4. The summed E-state index contributed by atoms with van der Waals surface area (Å²) < 4.78 is 0. The summed E-state index contributed by atoms with van der Waals surface area (Å²) in [6.45, 7) is 8.50. The molecule has 2 aromatic carbocycles. The molecule has 0 fully saturated rings. The number of phenolic OH excluding ortho intramolecular Hbond substituents is 2. The third-order valence-electron chi connectivity index (χ3n) is 6.96. The Morgan fingerprint density at radius 3 is 1.67 bits per heavy atom. The fraction of sp³-hybridized carbons (Fsp3) is 0.484. The number of nitrogens with two attached hydrogens (primary N) is 1. The Bertz CT molecular complexity index is 1230. The first-order valence-electron chi connectivity index (χ1n) is 15.0. The molecule has 0 spiro atoms. The summed E-state index contributed by atoms with van der Waals surface area (Å²) >= 11 is 0. The van der Waals surface area contributed by atoms with Gasteiger partial charge in [0.1, 0.15) is 11.5 Å². The molecule has 0 saturated heterocycles. The van der Waals surface area contributed by atoms with Gasteiger partial charge in [0.2, 0.25) is 0 Å². The van der Waals surface area contributed by atoms with Crippen molar-refractivity contribution >= 4 is 24.1 Å². The molecule has 0 radical (unpaired) electrons. The molecule has 0 bridgehead atoms. The number of benzene rings is 2. The van der Waals surface area contributed by atoms with Crippen LogP contribution in [0.3, 0.4) is 0 Å². The van der Waals surface area contributed by atoms with Crippen LogP contribution in [0, 0.1) is 11.8 Å². The summed E-state index contributed by atoms with van der Waals surface area (Å²) in [5, 5.41) is 38.2. The zero-order chi connectivity index (χ0) is 33.4. The SMILES string of the molecule is CC(C)[C@@H](CNC(=O)N[C@H](CNC(N)=O)Cc1ccc(O)cc1)NC(=O)NC[C@H](C)NC(=O)NC[C@@H](C)Cc1ccc(O)cc1. The largest absolute Gasteiger partial charge is 0.508 e. The number of carbonyl (C=O) groups excluding carboxylic acids is 4. The van der Waals surface area contributed by atoms with Gasteiger partial charge in [0.15, 0.2) is 0 Å². The molecular weight excluding hydrogens is 580 g/mol. The quantitative estimate of drug-likeness (QED) is 0.134. The molecule has 8 amide bonds. The van der Waals surface area contributed by atoms with Crippen molar-refractivity contribution in [1.82, 2.24) is 37.2 Å². The van der Waals surface area contributed by atoms with E-state index in [2.05, 4.69) is 37.2 Å². The van der Waals surface area contributed by atoms with Gasteiger partial charge in [-0.15, -0.1) is 0 Å². The molecule has 45 heavy (non-hydrogen) atoms. The van der Waals surface area contributed by atoms with Crippen molar-refractivity contribution in [3.8, 4) is 11.5 Å². The number of primary amides is 1. The minimum atomic E-state index is -0.718. The predicted octanol–water partition coefficient (Wildman–Crippen LogP) is 1.87. The molecule has 248 valence electrons. The third-order valence-corrected chi connectivity index (χ3v) is 6.96. The van der Waals surface area contributed by atoms with Crippen LogP contribution in [0.15, 0.2) is 48.5 Å². The number of hydrogen-bond donors (Lipinski definition) is 10. The molecule has 0 aliphatic carbocycles. The predicted molar refractivity (Wildman–Crippen MR) is 172 cm³/mol. The van der Waals surface area contributed by atoms with Crippen molar-refractivity contribution in [3.05, 3.63) is 59.7 Å². The second kappa shape index (κ2) is 18.7. The zero-order valence-corrected chi connectivity index (χ0v) is 26.4. The van der Waals surface area contributed by atoms with Crippen LogP contribution in [0.25, 0.3) is 0 Å². The highest BCUT2D eigenvalue weighted by Crippen LogP contribution is 2.13. The number of urea groups is 4. The Morgan fingerprint density at radius 1 is 0.622 bits per heavy atom. The van der Waals surface area contributed by atoms with Crippen LogP contribution in [-0.2, 0) is 12.8 Å². The van der Waals surface area contributed by atoms with E-state index in [9.17, 15) is 29.4 Å². The molecule has 0 aromatic heterocycles. The van der Waals surface area contributed by atoms with Crippen LogP contribution >= 0.6 is 0 Å². The highest BCUT2D eigenvalue weighted by molar-refractivity contribution is 5.76. The molecule has 0 aliphatic heterocycles. The molecule has 4 atom stereocenters. The van der Waals surface area contributed by atoms with Crippen LogP contribution in [0.5, 0.6) is 11.5 Å². The van der Waals surface area contributed by atoms with E-state index >= 15 is 0 Å². The van der Waals surface area contributed by atoms with E-state index in [-0.39, 0.29) is 55.0 Å². The minimum absolute atomic E-state index is 0.00902. The standard InChI is InChI=1S/C31H48N8O6/c1-19(2)27(18-36-30(44)38-24(17-33-28(32)42)14-23-7-11-26(41)12-8-23)39-31(45)35-16-21(4)37-29(43)34-15-20(3)13-22-5-9-25(40)10-6-22/h5-12,19-21,24,27,40-41H,13-18H2,1-4H3,(H3,32,33,42)(H2,34,37,43)(H2,35,39,45)(H2,36,38,44)/t20-,21-,24-,27+/m0/s1. The molecular formula is C31H48N8O6. The van der Waals surface area contributed by atoms with Crippen molar-refractivity contribution < 1.29 is 29.4 Å². The monoisotopic (exact) mass is 628 g/mol.